The van der Waals surface area contributed by atoms with Crippen LogP contribution >= 0.6 is 11.3 Å². The number of aromatic nitrogens is 1. The van der Waals surface area contributed by atoms with Crippen LogP contribution in [0.1, 0.15) is 48.2 Å². The first-order valence-corrected chi connectivity index (χ1v) is 9.86. The molecule has 1 aromatic heterocycles. The molecule has 2 rings (SSSR count). The van der Waals surface area contributed by atoms with Crippen molar-refractivity contribution in [2.75, 3.05) is 27.2 Å². The van der Waals surface area contributed by atoms with E-state index in [1.54, 1.807) is 16.2 Å². The molecule has 6 nitrogen and oxygen atoms in total. The second-order valence-electron chi connectivity index (χ2n) is 6.98. The zero-order valence-electron chi connectivity index (χ0n) is 16.1. The van der Waals surface area contributed by atoms with Crippen molar-refractivity contribution in [2.24, 2.45) is 10.4 Å². The van der Waals surface area contributed by atoms with Gasteiger partial charge in [0.1, 0.15) is 5.01 Å². The summed E-state index contributed by atoms with van der Waals surface area (Å²) >= 11 is 1.69. The third-order valence-electron chi connectivity index (χ3n) is 4.80. The van der Waals surface area contributed by atoms with Gasteiger partial charge in [-0.1, -0.05) is 12.8 Å². The van der Waals surface area contributed by atoms with Crippen molar-refractivity contribution in [2.45, 2.75) is 53.0 Å². The van der Waals surface area contributed by atoms with Gasteiger partial charge < -0.3 is 15.5 Å². The molecule has 0 bridgehead atoms. The fraction of sp³-hybridized carbons (Fsp3) is 0.722. The Hall–Kier alpha value is -1.63. The van der Waals surface area contributed by atoms with Gasteiger partial charge in [-0.15, -0.1) is 11.3 Å². The average Bonchev–Trinajstić information content (AvgIpc) is 3.17. The highest BCUT2D eigenvalue weighted by atomic mass is 32.1. The number of rotatable bonds is 6. The van der Waals surface area contributed by atoms with Gasteiger partial charge in [0.15, 0.2) is 5.96 Å². The van der Waals surface area contributed by atoms with Crippen molar-refractivity contribution < 1.29 is 4.79 Å². The van der Waals surface area contributed by atoms with Gasteiger partial charge in [0.2, 0.25) is 5.91 Å². The van der Waals surface area contributed by atoms with Crippen LogP contribution in [-0.4, -0.2) is 48.9 Å². The van der Waals surface area contributed by atoms with E-state index < -0.39 is 0 Å². The molecule has 1 aromatic rings. The van der Waals surface area contributed by atoms with Crippen molar-refractivity contribution in [3.63, 3.8) is 0 Å². The van der Waals surface area contributed by atoms with Gasteiger partial charge in [-0.2, -0.15) is 0 Å². The van der Waals surface area contributed by atoms with Crippen molar-refractivity contribution in [1.29, 1.82) is 0 Å². The van der Waals surface area contributed by atoms with E-state index in [0.29, 0.717) is 13.1 Å². The number of carbonyl (C=O) groups is 1. The van der Waals surface area contributed by atoms with Crippen LogP contribution < -0.4 is 10.6 Å². The summed E-state index contributed by atoms with van der Waals surface area (Å²) in [7, 11) is 3.68. The van der Waals surface area contributed by atoms with Crippen LogP contribution in [0.25, 0.3) is 0 Å². The number of carbonyl (C=O) groups excluding carboxylic acids is 1. The van der Waals surface area contributed by atoms with Crippen molar-refractivity contribution in [1.82, 2.24) is 20.5 Å². The Bertz CT molecular complexity index is 597. The number of nitrogens with zero attached hydrogens (tertiary/aromatic N) is 3. The quantitative estimate of drug-likeness (QED) is 0.600. The van der Waals surface area contributed by atoms with Crippen molar-refractivity contribution in [3.05, 3.63) is 15.6 Å². The van der Waals surface area contributed by atoms with E-state index in [1.165, 1.54) is 4.88 Å². The van der Waals surface area contributed by atoms with Gasteiger partial charge in [0.25, 0.3) is 0 Å². The maximum absolute atomic E-state index is 12.7. The molecule has 0 aromatic carbocycles. The first-order chi connectivity index (χ1) is 11.9. The smallest absolute Gasteiger partial charge is 0.230 e. The molecule has 1 amide bonds. The number of thiazole rings is 1. The molecule has 140 valence electrons. The van der Waals surface area contributed by atoms with Crippen LogP contribution in [0.3, 0.4) is 0 Å². The number of amides is 1. The van der Waals surface area contributed by atoms with E-state index >= 15 is 0 Å². The first-order valence-electron chi connectivity index (χ1n) is 9.05. The summed E-state index contributed by atoms with van der Waals surface area (Å²) in [5, 5.41) is 7.69. The molecule has 1 heterocycles. The Labute approximate surface area is 155 Å². The number of aliphatic imine (C=N–C) groups is 1. The molecule has 2 N–H and O–H groups in total. The van der Waals surface area contributed by atoms with E-state index in [-0.39, 0.29) is 11.3 Å². The molecular weight excluding hydrogens is 334 g/mol. The maximum atomic E-state index is 12.7. The minimum atomic E-state index is -0.298. The van der Waals surface area contributed by atoms with E-state index in [4.69, 9.17) is 0 Å². The number of nitrogens with one attached hydrogen (secondary N) is 2. The van der Waals surface area contributed by atoms with E-state index in [9.17, 15) is 4.79 Å². The zero-order valence-corrected chi connectivity index (χ0v) is 16.9. The molecular formula is C18H31N5OS. The van der Waals surface area contributed by atoms with Gasteiger partial charge in [0, 0.05) is 32.1 Å². The Morgan fingerprint density at radius 3 is 2.48 bits per heavy atom. The van der Waals surface area contributed by atoms with Gasteiger partial charge in [-0.3, -0.25) is 4.79 Å². The highest BCUT2D eigenvalue weighted by molar-refractivity contribution is 7.11. The van der Waals surface area contributed by atoms with Crippen molar-refractivity contribution >= 4 is 23.2 Å². The summed E-state index contributed by atoms with van der Waals surface area (Å²) in [5.41, 5.74) is 0.781. The first kappa shape index (κ1) is 19.7. The number of hydrogen-bond acceptors (Lipinski definition) is 4. The van der Waals surface area contributed by atoms with E-state index in [2.05, 4.69) is 27.5 Å². The monoisotopic (exact) mass is 365 g/mol. The summed E-state index contributed by atoms with van der Waals surface area (Å²) in [6.45, 7) is 8.14. The predicted octanol–water partition coefficient (Wildman–Crippen LogP) is 2.46. The topological polar surface area (TPSA) is 69.6 Å². The molecule has 25 heavy (non-hydrogen) atoms. The molecule has 1 aliphatic carbocycles. The molecule has 0 spiro atoms. The summed E-state index contributed by atoms with van der Waals surface area (Å²) in [5.74, 6) is 0.977. The average molecular weight is 366 g/mol. The fourth-order valence-electron chi connectivity index (χ4n) is 3.34. The number of guanidine groups is 1. The van der Waals surface area contributed by atoms with Gasteiger partial charge >= 0.3 is 0 Å². The Morgan fingerprint density at radius 1 is 1.28 bits per heavy atom. The normalized spacial score (nSPS) is 16.8. The lowest BCUT2D eigenvalue weighted by Gasteiger charge is -2.31. The second-order valence-corrected chi connectivity index (χ2v) is 8.27. The Balaban J connectivity index is 2.04. The number of aryl methyl sites for hydroxylation is 2. The highest BCUT2D eigenvalue weighted by Gasteiger charge is 2.42. The predicted molar refractivity (Wildman–Crippen MR) is 104 cm³/mol. The van der Waals surface area contributed by atoms with E-state index in [1.807, 2.05) is 27.9 Å². The molecule has 0 saturated heterocycles. The van der Waals surface area contributed by atoms with Crippen LogP contribution in [0.2, 0.25) is 0 Å². The summed E-state index contributed by atoms with van der Waals surface area (Å²) in [4.78, 5) is 24.8. The molecule has 0 unspecified atom stereocenters. The van der Waals surface area contributed by atoms with Gasteiger partial charge in [-0.25, -0.2) is 9.98 Å². The zero-order chi connectivity index (χ0) is 18.4. The van der Waals surface area contributed by atoms with Gasteiger partial charge in [-0.05, 0) is 33.6 Å². The van der Waals surface area contributed by atoms with E-state index in [0.717, 1.165) is 48.9 Å². The van der Waals surface area contributed by atoms with Crippen LogP contribution in [0.5, 0.6) is 0 Å². The molecule has 1 fully saturated rings. The molecule has 0 radical (unpaired) electrons. The molecule has 7 heteroatoms. The second kappa shape index (κ2) is 8.65. The highest BCUT2D eigenvalue weighted by Crippen LogP contribution is 2.38. The third-order valence-corrected chi connectivity index (χ3v) is 5.86. The van der Waals surface area contributed by atoms with Gasteiger partial charge in [0.05, 0.1) is 17.7 Å². The fourth-order valence-corrected chi connectivity index (χ4v) is 4.20. The summed E-state index contributed by atoms with van der Waals surface area (Å²) < 4.78 is 0. The van der Waals surface area contributed by atoms with Crippen LogP contribution in [0.4, 0.5) is 0 Å². The third kappa shape index (κ3) is 4.93. The minimum Gasteiger partial charge on any atom is -0.357 e. The maximum Gasteiger partial charge on any atom is 0.230 e. The summed E-state index contributed by atoms with van der Waals surface area (Å²) in [6, 6.07) is 0. The standard InChI is InChI=1S/C18H31N5OS/c1-6-19-17(20-11-15-22-13(2)14(3)25-15)21-12-18(9-7-8-10-18)16(24)23(4)5/h6-12H2,1-5H3,(H2,19,20,21). The Kier molecular flexibility index (Phi) is 6.81. The lowest BCUT2D eigenvalue weighted by molar-refractivity contribution is -0.138. The number of hydrogen-bond donors (Lipinski definition) is 2. The Morgan fingerprint density at radius 2 is 1.96 bits per heavy atom. The van der Waals surface area contributed by atoms with Crippen LogP contribution in [0, 0.1) is 19.3 Å². The molecule has 1 aliphatic rings. The molecule has 0 aliphatic heterocycles. The lowest BCUT2D eigenvalue weighted by Crippen LogP contribution is -2.49. The minimum absolute atomic E-state index is 0.222. The largest absolute Gasteiger partial charge is 0.357 e. The van der Waals surface area contributed by atoms with Crippen LogP contribution in [-0.2, 0) is 11.3 Å². The molecule has 0 atom stereocenters. The summed E-state index contributed by atoms with van der Waals surface area (Å²) in [6.07, 6.45) is 4.13. The van der Waals surface area contributed by atoms with Crippen LogP contribution in [0.15, 0.2) is 4.99 Å². The molecule has 1 saturated carbocycles. The SMILES string of the molecule is CCNC(=NCc1nc(C)c(C)s1)NCC1(C(=O)N(C)C)CCCC1. The lowest BCUT2D eigenvalue weighted by atomic mass is 9.84. The van der Waals surface area contributed by atoms with Crippen molar-refractivity contribution in [3.8, 4) is 0 Å².